The molecule has 1 heterocycles. The molecular weight excluding hydrogens is 191 g/mol. The number of pyridine rings is 1. The van der Waals surface area contributed by atoms with Crippen molar-refractivity contribution in [1.82, 2.24) is 4.98 Å². The van der Waals surface area contributed by atoms with Crippen LogP contribution < -0.4 is 0 Å². The van der Waals surface area contributed by atoms with Crippen molar-refractivity contribution in [2.45, 2.75) is 6.42 Å². The lowest BCUT2D eigenvalue weighted by molar-refractivity contribution is 0.584. The molecule has 0 atom stereocenters. The van der Waals surface area contributed by atoms with Gasteiger partial charge in [0, 0.05) is 6.20 Å². The van der Waals surface area contributed by atoms with Crippen molar-refractivity contribution in [2.24, 2.45) is 0 Å². The highest BCUT2D eigenvalue weighted by Crippen LogP contribution is 2.14. The molecular formula is C9H6ClFN2. The van der Waals surface area contributed by atoms with Crippen LogP contribution in [0.15, 0.2) is 18.3 Å². The van der Waals surface area contributed by atoms with E-state index in [2.05, 4.69) is 4.98 Å². The Kier molecular flexibility index (Phi) is 3.41. The maximum absolute atomic E-state index is 12.6. The number of hydrogen-bond donors (Lipinski definition) is 0. The van der Waals surface area contributed by atoms with Crippen LogP contribution in [0.3, 0.4) is 0 Å². The molecule has 0 amide bonds. The van der Waals surface area contributed by atoms with Crippen LogP contribution in [0.25, 0.3) is 6.08 Å². The summed E-state index contributed by atoms with van der Waals surface area (Å²) in [6.07, 6.45) is 5.00. The molecule has 1 aromatic rings. The third-order valence-electron chi connectivity index (χ3n) is 1.34. The largest absolute Gasteiger partial charge is 0.231 e. The van der Waals surface area contributed by atoms with Gasteiger partial charge in [0.2, 0.25) is 5.95 Å². The van der Waals surface area contributed by atoms with E-state index in [9.17, 15) is 4.39 Å². The summed E-state index contributed by atoms with van der Waals surface area (Å²) >= 11 is 5.49. The Morgan fingerprint density at radius 2 is 2.46 bits per heavy atom. The van der Waals surface area contributed by atoms with E-state index in [0.717, 1.165) is 0 Å². The number of nitrogens with zero attached hydrogens (tertiary/aromatic N) is 2. The van der Waals surface area contributed by atoms with Crippen molar-refractivity contribution in [1.29, 1.82) is 5.26 Å². The van der Waals surface area contributed by atoms with Gasteiger partial charge in [0.15, 0.2) is 0 Å². The first kappa shape index (κ1) is 9.69. The van der Waals surface area contributed by atoms with Crippen LogP contribution in [0.2, 0.25) is 5.02 Å². The zero-order valence-corrected chi connectivity index (χ0v) is 7.42. The van der Waals surface area contributed by atoms with Crippen LogP contribution in [-0.2, 0) is 0 Å². The van der Waals surface area contributed by atoms with Crippen LogP contribution in [0.4, 0.5) is 4.39 Å². The second-order valence-corrected chi connectivity index (χ2v) is 2.71. The Bertz CT molecular complexity index is 368. The lowest BCUT2D eigenvalue weighted by Crippen LogP contribution is -1.84. The summed E-state index contributed by atoms with van der Waals surface area (Å²) in [5.41, 5.74) is 0.682. The quantitative estimate of drug-likeness (QED) is 0.682. The third-order valence-corrected chi connectivity index (χ3v) is 1.60. The maximum Gasteiger partial charge on any atom is 0.231 e. The van der Waals surface area contributed by atoms with Crippen LogP contribution in [0.1, 0.15) is 12.0 Å². The minimum atomic E-state index is -0.681. The fourth-order valence-electron chi connectivity index (χ4n) is 0.775. The lowest BCUT2D eigenvalue weighted by Gasteiger charge is -1.94. The van der Waals surface area contributed by atoms with E-state index < -0.39 is 5.95 Å². The molecule has 0 unspecified atom stereocenters. The predicted octanol–water partition coefficient (Wildman–Crippen LogP) is 2.80. The number of allylic oxidation sites excluding steroid dienone is 1. The zero-order chi connectivity index (χ0) is 9.68. The van der Waals surface area contributed by atoms with E-state index in [1.807, 2.05) is 6.07 Å². The number of halogens is 2. The molecule has 0 radical (unpaired) electrons. The summed E-state index contributed by atoms with van der Waals surface area (Å²) < 4.78 is 12.6. The first-order chi connectivity index (χ1) is 6.24. The van der Waals surface area contributed by atoms with Crippen molar-refractivity contribution in [2.75, 3.05) is 0 Å². The van der Waals surface area contributed by atoms with Gasteiger partial charge in [-0.15, -0.1) is 0 Å². The number of nitriles is 1. The molecule has 0 aliphatic heterocycles. The minimum Gasteiger partial charge on any atom is -0.226 e. The highest BCUT2D eigenvalue weighted by molar-refractivity contribution is 6.30. The molecule has 1 rings (SSSR count). The molecule has 0 saturated carbocycles. The molecule has 66 valence electrons. The smallest absolute Gasteiger partial charge is 0.226 e. The van der Waals surface area contributed by atoms with E-state index in [0.29, 0.717) is 12.0 Å². The van der Waals surface area contributed by atoms with Gasteiger partial charge in [-0.25, -0.2) is 4.98 Å². The second kappa shape index (κ2) is 4.58. The number of hydrogen-bond acceptors (Lipinski definition) is 2. The van der Waals surface area contributed by atoms with Crippen LogP contribution >= 0.6 is 11.6 Å². The molecule has 0 N–H and O–H groups in total. The van der Waals surface area contributed by atoms with Crippen LogP contribution in [0.5, 0.6) is 0 Å². The molecule has 0 aromatic carbocycles. The standard InChI is InChI=1S/C9H6ClFN2/c10-8-5-7(3-1-2-4-12)6-13-9(8)11/h1,3,5-6H,2H2. The van der Waals surface area contributed by atoms with E-state index >= 15 is 0 Å². The fraction of sp³-hybridized carbons (Fsp3) is 0.111. The molecule has 4 heteroatoms. The molecule has 0 saturated heterocycles. The van der Waals surface area contributed by atoms with Gasteiger partial charge in [0.05, 0.1) is 17.5 Å². The van der Waals surface area contributed by atoms with Crippen molar-refractivity contribution in [3.05, 3.63) is 34.9 Å². The molecule has 2 nitrogen and oxygen atoms in total. The summed E-state index contributed by atoms with van der Waals surface area (Å²) in [6, 6.07) is 3.41. The minimum absolute atomic E-state index is 0.0147. The Hall–Kier alpha value is -1.40. The Labute approximate surface area is 80.3 Å². The Morgan fingerprint density at radius 3 is 3.08 bits per heavy atom. The Morgan fingerprint density at radius 1 is 1.69 bits per heavy atom. The zero-order valence-electron chi connectivity index (χ0n) is 6.67. The molecule has 0 spiro atoms. The average molecular weight is 197 g/mol. The van der Waals surface area contributed by atoms with Crippen molar-refractivity contribution >= 4 is 17.7 Å². The lowest BCUT2D eigenvalue weighted by atomic mass is 10.2. The van der Waals surface area contributed by atoms with Crippen molar-refractivity contribution in [3.63, 3.8) is 0 Å². The third kappa shape index (κ3) is 2.85. The monoisotopic (exact) mass is 196 g/mol. The second-order valence-electron chi connectivity index (χ2n) is 2.31. The molecule has 0 bridgehead atoms. The fourth-order valence-corrected chi connectivity index (χ4v) is 0.950. The molecule has 0 aliphatic rings. The van der Waals surface area contributed by atoms with Gasteiger partial charge in [-0.2, -0.15) is 9.65 Å². The van der Waals surface area contributed by atoms with E-state index in [1.165, 1.54) is 12.3 Å². The predicted molar refractivity (Wildman–Crippen MR) is 48.5 cm³/mol. The molecule has 0 aliphatic carbocycles. The highest BCUT2D eigenvalue weighted by atomic mass is 35.5. The average Bonchev–Trinajstić information content (AvgIpc) is 2.12. The summed E-state index contributed by atoms with van der Waals surface area (Å²) in [5, 5.41) is 8.23. The first-order valence-electron chi connectivity index (χ1n) is 3.58. The summed E-state index contributed by atoms with van der Waals surface area (Å²) in [4.78, 5) is 3.42. The van der Waals surface area contributed by atoms with Crippen molar-refractivity contribution < 1.29 is 4.39 Å². The van der Waals surface area contributed by atoms with Gasteiger partial charge < -0.3 is 0 Å². The number of rotatable bonds is 2. The summed E-state index contributed by atoms with van der Waals surface area (Å²) in [5.74, 6) is -0.681. The topological polar surface area (TPSA) is 36.7 Å². The van der Waals surface area contributed by atoms with E-state index in [-0.39, 0.29) is 5.02 Å². The normalized spacial score (nSPS) is 10.2. The highest BCUT2D eigenvalue weighted by Gasteiger charge is 1.99. The van der Waals surface area contributed by atoms with Gasteiger partial charge in [-0.05, 0) is 11.6 Å². The van der Waals surface area contributed by atoms with E-state index in [1.54, 1.807) is 12.2 Å². The van der Waals surface area contributed by atoms with Crippen molar-refractivity contribution in [3.8, 4) is 6.07 Å². The van der Waals surface area contributed by atoms with Gasteiger partial charge in [0.25, 0.3) is 0 Å². The van der Waals surface area contributed by atoms with Gasteiger partial charge in [-0.3, -0.25) is 0 Å². The van der Waals surface area contributed by atoms with E-state index in [4.69, 9.17) is 16.9 Å². The van der Waals surface area contributed by atoms with Crippen LogP contribution in [-0.4, -0.2) is 4.98 Å². The first-order valence-corrected chi connectivity index (χ1v) is 3.96. The Balaban J connectivity index is 2.81. The SMILES string of the molecule is N#CCC=Cc1cnc(F)c(Cl)c1. The van der Waals surface area contributed by atoms with Gasteiger partial charge in [-0.1, -0.05) is 23.8 Å². The molecule has 0 fully saturated rings. The van der Waals surface area contributed by atoms with Gasteiger partial charge in [0.1, 0.15) is 0 Å². The molecule has 13 heavy (non-hydrogen) atoms. The summed E-state index contributed by atoms with van der Waals surface area (Å²) in [7, 11) is 0. The molecule has 1 aromatic heterocycles. The maximum atomic E-state index is 12.6. The summed E-state index contributed by atoms with van der Waals surface area (Å²) in [6.45, 7) is 0. The van der Waals surface area contributed by atoms with Gasteiger partial charge >= 0.3 is 0 Å². The van der Waals surface area contributed by atoms with Crippen LogP contribution in [0, 0.1) is 17.3 Å². The number of aromatic nitrogens is 1.